The van der Waals surface area contributed by atoms with Crippen LogP contribution in [0.15, 0.2) is 45.3 Å². The van der Waals surface area contributed by atoms with Crippen LogP contribution in [0.3, 0.4) is 0 Å². The maximum Gasteiger partial charge on any atom is 0.336 e. The molecule has 0 atom stereocenters. The Balaban J connectivity index is 2.25. The van der Waals surface area contributed by atoms with Crippen molar-refractivity contribution in [2.75, 3.05) is 0 Å². The number of hydrogen-bond acceptors (Lipinski definition) is 4. The van der Waals surface area contributed by atoms with E-state index < -0.39 is 23.9 Å². The van der Waals surface area contributed by atoms with E-state index in [0.29, 0.717) is 41.3 Å². The van der Waals surface area contributed by atoms with Crippen molar-refractivity contribution < 1.29 is 39.6 Å². The van der Waals surface area contributed by atoms with E-state index in [1.807, 2.05) is 0 Å². The summed E-state index contributed by atoms with van der Waals surface area (Å²) in [5.74, 6) is -5.24. The molecular weight excluding hydrogens is 576 g/mol. The van der Waals surface area contributed by atoms with Crippen LogP contribution in [0.4, 0.5) is 0 Å². The van der Waals surface area contributed by atoms with Gasteiger partial charge in [0.1, 0.15) is 0 Å². The fourth-order valence-corrected chi connectivity index (χ4v) is 5.98. The van der Waals surface area contributed by atoms with Crippen molar-refractivity contribution in [1.29, 1.82) is 0 Å². The first kappa shape index (κ1) is 22.1. The van der Waals surface area contributed by atoms with E-state index in [0.717, 1.165) is 0 Å². The minimum absolute atomic E-state index is 0.0137. The summed E-state index contributed by atoms with van der Waals surface area (Å²) in [7, 11) is 0. The molecule has 0 spiro atoms. The SMILES string of the molecule is O=C(O)c1ccc2c3c(Br)cc(C(=O)O)c4c(C(=O)O)cc(Br)c(c5ccc(C(=O)O)c1c25)c43. The van der Waals surface area contributed by atoms with Gasteiger partial charge < -0.3 is 20.4 Å². The lowest BCUT2D eigenvalue weighted by atomic mass is 9.84. The maximum atomic E-state index is 12.1. The number of carbonyl (C=O) groups is 4. The lowest BCUT2D eigenvalue weighted by Crippen LogP contribution is -2.08. The zero-order chi connectivity index (χ0) is 24.6. The van der Waals surface area contributed by atoms with Gasteiger partial charge in [0.15, 0.2) is 0 Å². The number of benzene rings is 5. The van der Waals surface area contributed by atoms with Crippen LogP contribution in [0, 0.1) is 0 Å². The molecular formula is C24H10Br2O8. The molecule has 168 valence electrons. The smallest absolute Gasteiger partial charge is 0.336 e. The molecule has 0 aliphatic heterocycles. The summed E-state index contributed by atoms with van der Waals surface area (Å²) in [6.45, 7) is 0. The Morgan fingerprint density at radius 3 is 1.18 bits per heavy atom. The summed E-state index contributed by atoms with van der Waals surface area (Å²) >= 11 is 6.81. The molecule has 10 heteroatoms. The van der Waals surface area contributed by atoms with Crippen molar-refractivity contribution in [3.05, 3.63) is 67.6 Å². The maximum absolute atomic E-state index is 12.1. The molecule has 0 amide bonds. The normalized spacial score (nSPS) is 11.6. The molecule has 0 aromatic heterocycles. The highest BCUT2D eigenvalue weighted by molar-refractivity contribution is 9.11. The van der Waals surface area contributed by atoms with Crippen LogP contribution in [0.1, 0.15) is 41.4 Å². The van der Waals surface area contributed by atoms with Gasteiger partial charge in [-0.15, -0.1) is 0 Å². The second-order valence-corrected chi connectivity index (χ2v) is 9.31. The second-order valence-electron chi connectivity index (χ2n) is 7.60. The Morgan fingerprint density at radius 1 is 0.471 bits per heavy atom. The fourth-order valence-electron chi connectivity index (χ4n) is 4.70. The van der Waals surface area contributed by atoms with E-state index in [1.54, 1.807) is 0 Å². The average molecular weight is 586 g/mol. The first-order valence-electron chi connectivity index (χ1n) is 9.56. The van der Waals surface area contributed by atoms with Crippen molar-refractivity contribution in [3.63, 3.8) is 0 Å². The lowest BCUT2D eigenvalue weighted by Gasteiger charge is -2.20. The fraction of sp³-hybridized carbons (Fsp3) is 0. The third kappa shape index (κ3) is 2.82. The zero-order valence-electron chi connectivity index (χ0n) is 16.6. The van der Waals surface area contributed by atoms with E-state index in [9.17, 15) is 39.6 Å². The standard InChI is InChI=1S/C24H10Br2O8/c25-13-5-11(23(31)32)17-12(24(33)34)6-14(26)19-8-2-4-10(22(29)30)16-9(21(27)28)3-1-7(15(8)16)18(13)20(17)19/h1-6H,(H,27,28)(H,29,30)(H,31,32)(H,33,34). The summed E-state index contributed by atoms with van der Waals surface area (Å²) in [4.78, 5) is 48.1. The Labute approximate surface area is 205 Å². The van der Waals surface area contributed by atoms with Gasteiger partial charge >= 0.3 is 23.9 Å². The Kier molecular flexibility index (Phi) is 4.78. The third-order valence-electron chi connectivity index (χ3n) is 5.93. The largest absolute Gasteiger partial charge is 0.478 e. The minimum atomic E-state index is -1.32. The van der Waals surface area contributed by atoms with Gasteiger partial charge in [0, 0.05) is 35.9 Å². The summed E-state index contributed by atoms with van der Waals surface area (Å²) in [6.07, 6.45) is 0. The van der Waals surface area contributed by atoms with Crippen molar-refractivity contribution in [2.24, 2.45) is 0 Å². The second kappa shape index (κ2) is 7.37. The molecule has 4 N–H and O–H groups in total. The zero-order valence-corrected chi connectivity index (χ0v) is 19.8. The van der Waals surface area contributed by atoms with Crippen molar-refractivity contribution in [3.8, 4) is 0 Å². The van der Waals surface area contributed by atoms with E-state index in [4.69, 9.17) is 0 Å². The molecule has 0 saturated carbocycles. The van der Waals surface area contributed by atoms with E-state index in [1.165, 1.54) is 36.4 Å². The number of hydrogen-bond donors (Lipinski definition) is 4. The Hall–Kier alpha value is -3.76. The van der Waals surface area contributed by atoms with Gasteiger partial charge in [-0.2, -0.15) is 0 Å². The molecule has 0 aliphatic rings. The van der Waals surface area contributed by atoms with Gasteiger partial charge in [-0.3, -0.25) is 0 Å². The van der Waals surface area contributed by atoms with Crippen molar-refractivity contribution in [2.45, 2.75) is 0 Å². The molecule has 0 aliphatic carbocycles. The van der Waals surface area contributed by atoms with Gasteiger partial charge in [0.2, 0.25) is 0 Å². The predicted molar refractivity (Wildman–Crippen MR) is 131 cm³/mol. The number of halogens is 2. The van der Waals surface area contributed by atoms with Gasteiger partial charge in [-0.1, -0.05) is 44.0 Å². The molecule has 34 heavy (non-hydrogen) atoms. The molecule has 0 unspecified atom stereocenters. The van der Waals surface area contributed by atoms with Crippen LogP contribution in [0.5, 0.6) is 0 Å². The highest BCUT2D eigenvalue weighted by Crippen LogP contribution is 2.48. The molecule has 8 nitrogen and oxygen atoms in total. The first-order valence-corrected chi connectivity index (χ1v) is 11.2. The van der Waals surface area contributed by atoms with Crippen LogP contribution in [-0.4, -0.2) is 44.3 Å². The minimum Gasteiger partial charge on any atom is -0.478 e. The first-order chi connectivity index (χ1) is 16.0. The summed E-state index contributed by atoms with van der Waals surface area (Å²) < 4.78 is 0.674. The Bertz CT molecular complexity index is 1670. The van der Waals surface area contributed by atoms with Crippen LogP contribution in [0.25, 0.3) is 43.1 Å². The van der Waals surface area contributed by atoms with Crippen molar-refractivity contribution in [1.82, 2.24) is 0 Å². The number of carboxylic acids is 4. The molecule has 5 rings (SSSR count). The number of aromatic carboxylic acids is 4. The lowest BCUT2D eigenvalue weighted by molar-refractivity contribution is 0.0681. The third-order valence-corrected chi connectivity index (χ3v) is 7.18. The van der Waals surface area contributed by atoms with Gasteiger partial charge in [-0.05, 0) is 40.4 Å². The van der Waals surface area contributed by atoms with Crippen LogP contribution in [-0.2, 0) is 0 Å². The van der Waals surface area contributed by atoms with Gasteiger partial charge in [0.25, 0.3) is 0 Å². The number of fused-ring (bicyclic) bond motifs is 2. The monoisotopic (exact) mass is 584 g/mol. The van der Waals surface area contributed by atoms with E-state index >= 15 is 0 Å². The summed E-state index contributed by atoms with van der Waals surface area (Å²) in [5.41, 5.74) is -0.843. The highest BCUT2D eigenvalue weighted by Gasteiger charge is 2.28. The van der Waals surface area contributed by atoms with Crippen LogP contribution in [0.2, 0.25) is 0 Å². The number of carboxylic acid groups (broad SMARTS) is 4. The number of rotatable bonds is 4. The molecule has 0 heterocycles. The molecule has 0 fully saturated rings. The molecule has 5 aromatic rings. The summed E-state index contributed by atoms with van der Waals surface area (Å²) in [6, 6.07) is 8.22. The topological polar surface area (TPSA) is 149 Å². The quantitative estimate of drug-likeness (QED) is 0.147. The Morgan fingerprint density at radius 2 is 0.824 bits per heavy atom. The van der Waals surface area contributed by atoms with E-state index in [2.05, 4.69) is 31.9 Å². The average Bonchev–Trinajstić information content (AvgIpc) is 2.76. The van der Waals surface area contributed by atoms with Gasteiger partial charge in [0.05, 0.1) is 22.3 Å². The molecule has 0 radical (unpaired) electrons. The molecule has 0 saturated heterocycles. The van der Waals surface area contributed by atoms with Crippen LogP contribution < -0.4 is 0 Å². The van der Waals surface area contributed by atoms with E-state index in [-0.39, 0.29) is 33.0 Å². The van der Waals surface area contributed by atoms with Gasteiger partial charge in [-0.25, -0.2) is 19.2 Å². The molecule has 0 bridgehead atoms. The van der Waals surface area contributed by atoms with Crippen LogP contribution >= 0.6 is 31.9 Å². The summed E-state index contributed by atoms with van der Waals surface area (Å²) in [5, 5.41) is 41.8. The predicted octanol–water partition coefficient (Wildman–Crippen LogP) is 6.06. The van der Waals surface area contributed by atoms with Crippen molar-refractivity contribution >= 4 is 98.8 Å². The highest BCUT2D eigenvalue weighted by atomic mass is 79.9. The molecule has 5 aromatic carbocycles.